The second-order valence-electron chi connectivity index (χ2n) is 2.53. The second-order valence-corrected chi connectivity index (χ2v) is 2.94. The third-order valence-electron chi connectivity index (χ3n) is 1.64. The van der Waals surface area contributed by atoms with Crippen LogP contribution in [-0.4, -0.2) is 18.0 Å². The summed E-state index contributed by atoms with van der Waals surface area (Å²) < 4.78 is 17.2. The number of carbonyl (C=O) groups is 1. The standard InChI is InChI=1S/C8H5ClFNO4/c1-15-8(12)4-2-5(9)6(10)3-7(4)11(13)14/h2-3H,1H3. The summed E-state index contributed by atoms with van der Waals surface area (Å²) in [5, 5.41) is 10.1. The average molecular weight is 234 g/mol. The first-order chi connectivity index (χ1) is 6.97. The van der Waals surface area contributed by atoms with Gasteiger partial charge in [0.25, 0.3) is 5.69 Å². The van der Waals surface area contributed by atoms with Crippen LogP contribution in [-0.2, 0) is 4.74 Å². The molecule has 5 nitrogen and oxygen atoms in total. The zero-order valence-corrected chi connectivity index (χ0v) is 8.25. The smallest absolute Gasteiger partial charge is 0.344 e. The highest BCUT2D eigenvalue weighted by Crippen LogP contribution is 2.26. The van der Waals surface area contributed by atoms with E-state index in [9.17, 15) is 19.3 Å². The van der Waals surface area contributed by atoms with Crippen molar-refractivity contribution in [2.75, 3.05) is 7.11 Å². The number of ether oxygens (including phenoxy) is 1. The molecule has 0 fully saturated rings. The van der Waals surface area contributed by atoms with Gasteiger partial charge in [0.1, 0.15) is 11.4 Å². The van der Waals surface area contributed by atoms with Gasteiger partial charge in [-0.2, -0.15) is 0 Å². The minimum Gasteiger partial charge on any atom is -0.465 e. The summed E-state index contributed by atoms with van der Waals surface area (Å²) in [5.74, 6) is -1.90. The van der Waals surface area contributed by atoms with Crippen LogP contribution in [0.15, 0.2) is 12.1 Å². The Morgan fingerprint density at radius 1 is 1.60 bits per heavy atom. The van der Waals surface area contributed by atoms with Crippen LogP contribution in [0.2, 0.25) is 5.02 Å². The maximum atomic E-state index is 12.9. The molecule has 0 aliphatic heterocycles. The number of methoxy groups -OCH3 is 1. The van der Waals surface area contributed by atoms with Gasteiger partial charge in [-0.25, -0.2) is 9.18 Å². The molecule has 0 aliphatic rings. The molecule has 0 aliphatic carbocycles. The monoisotopic (exact) mass is 233 g/mol. The Morgan fingerprint density at radius 3 is 2.67 bits per heavy atom. The molecule has 1 aromatic rings. The molecule has 80 valence electrons. The van der Waals surface area contributed by atoms with E-state index in [0.717, 1.165) is 13.2 Å². The van der Waals surface area contributed by atoms with Gasteiger partial charge in [0.2, 0.25) is 0 Å². The number of esters is 1. The molecule has 0 heterocycles. The summed E-state index contributed by atoms with van der Waals surface area (Å²) in [7, 11) is 1.06. The minimum absolute atomic E-state index is 0.374. The maximum absolute atomic E-state index is 12.9. The SMILES string of the molecule is COC(=O)c1cc(Cl)c(F)cc1[N+](=O)[O-]. The Morgan fingerprint density at radius 2 is 2.20 bits per heavy atom. The highest BCUT2D eigenvalue weighted by atomic mass is 35.5. The van der Waals surface area contributed by atoms with Crippen LogP contribution in [0.3, 0.4) is 0 Å². The van der Waals surface area contributed by atoms with E-state index in [1.807, 2.05) is 0 Å². The van der Waals surface area contributed by atoms with E-state index in [1.165, 1.54) is 0 Å². The van der Waals surface area contributed by atoms with E-state index in [2.05, 4.69) is 4.74 Å². The highest BCUT2D eigenvalue weighted by Gasteiger charge is 2.23. The molecule has 0 N–H and O–H groups in total. The molecular formula is C8H5ClFNO4. The zero-order valence-electron chi connectivity index (χ0n) is 7.49. The summed E-state index contributed by atoms with van der Waals surface area (Å²) in [4.78, 5) is 20.7. The van der Waals surface area contributed by atoms with E-state index in [4.69, 9.17) is 11.6 Å². The Bertz CT molecular complexity index is 435. The molecule has 0 spiro atoms. The van der Waals surface area contributed by atoms with Gasteiger partial charge in [0, 0.05) is 0 Å². The first-order valence-electron chi connectivity index (χ1n) is 3.69. The van der Waals surface area contributed by atoms with Gasteiger partial charge in [0.05, 0.1) is 23.1 Å². The molecule has 0 saturated heterocycles. The lowest BCUT2D eigenvalue weighted by Gasteiger charge is -2.02. The van der Waals surface area contributed by atoms with Gasteiger partial charge in [0.15, 0.2) is 0 Å². The summed E-state index contributed by atoms with van der Waals surface area (Å²) >= 11 is 5.39. The summed E-state index contributed by atoms with van der Waals surface area (Å²) in [6.07, 6.45) is 0. The van der Waals surface area contributed by atoms with E-state index < -0.39 is 22.4 Å². The third-order valence-corrected chi connectivity index (χ3v) is 1.93. The maximum Gasteiger partial charge on any atom is 0.344 e. The lowest BCUT2D eigenvalue weighted by molar-refractivity contribution is -0.385. The van der Waals surface area contributed by atoms with Crippen LogP contribution in [0.25, 0.3) is 0 Å². The van der Waals surface area contributed by atoms with Crippen LogP contribution >= 0.6 is 11.6 Å². The number of nitro groups is 1. The number of nitrogens with zero attached hydrogens (tertiary/aromatic N) is 1. The highest BCUT2D eigenvalue weighted by molar-refractivity contribution is 6.31. The van der Waals surface area contributed by atoms with Crippen LogP contribution < -0.4 is 0 Å². The van der Waals surface area contributed by atoms with Crippen molar-refractivity contribution in [2.45, 2.75) is 0 Å². The van der Waals surface area contributed by atoms with Gasteiger partial charge in [-0.3, -0.25) is 10.1 Å². The van der Waals surface area contributed by atoms with Crippen molar-refractivity contribution < 1.29 is 18.8 Å². The number of hydrogen-bond donors (Lipinski definition) is 0. The summed E-state index contributed by atoms with van der Waals surface area (Å²) in [5.41, 5.74) is -1.06. The van der Waals surface area contributed by atoms with E-state index >= 15 is 0 Å². The lowest BCUT2D eigenvalue weighted by Crippen LogP contribution is -2.06. The number of halogens is 2. The van der Waals surface area contributed by atoms with Gasteiger partial charge in [-0.15, -0.1) is 0 Å². The van der Waals surface area contributed by atoms with Crippen molar-refractivity contribution in [2.24, 2.45) is 0 Å². The van der Waals surface area contributed by atoms with Gasteiger partial charge < -0.3 is 4.74 Å². The van der Waals surface area contributed by atoms with Gasteiger partial charge >= 0.3 is 5.97 Å². The second kappa shape index (κ2) is 4.22. The van der Waals surface area contributed by atoms with Crippen LogP contribution in [0.4, 0.5) is 10.1 Å². The molecule has 15 heavy (non-hydrogen) atoms. The lowest BCUT2D eigenvalue weighted by atomic mass is 10.2. The number of hydrogen-bond acceptors (Lipinski definition) is 4. The van der Waals surface area contributed by atoms with Crippen LogP contribution in [0.1, 0.15) is 10.4 Å². The van der Waals surface area contributed by atoms with E-state index in [0.29, 0.717) is 6.07 Å². The predicted octanol–water partition coefficient (Wildman–Crippen LogP) is 2.17. The molecule has 0 bridgehead atoms. The Balaban J connectivity index is 3.41. The molecular weight excluding hydrogens is 229 g/mol. The molecule has 1 aromatic carbocycles. The Kier molecular flexibility index (Phi) is 3.21. The summed E-state index contributed by atoms with van der Waals surface area (Å²) in [6.45, 7) is 0. The first kappa shape index (κ1) is 11.4. The van der Waals surface area contributed by atoms with E-state index in [-0.39, 0.29) is 10.6 Å². The largest absolute Gasteiger partial charge is 0.465 e. The number of carbonyl (C=O) groups excluding carboxylic acids is 1. The normalized spacial score (nSPS) is 9.80. The number of rotatable bonds is 2. The topological polar surface area (TPSA) is 69.4 Å². The molecule has 0 amide bonds. The van der Waals surface area contributed by atoms with Crippen molar-refractivity contribution in [3.8, 4) is 0 Å². The van der Waals surface area contributed by atoms with Crippen LogP contribution in [0, 0.1) is 15.9 Å². The Labute approximate surface area is 88.6 Å². The number of nitro benzene ring substituents is 1. The molecule has 0 aromatic heterocycles. The fraction of sp³-hybridized carbons (Fsp3) is 0.125. The van der Waals surface area contributed by atoms with Crippen molar-refractivity contribution in [3.63, 3.8) is 0 Å². The molecule has 0 atom stereocenters. The number of benzene rings is 1. The molecule has 0 saturated carbocycles. The van der Waals surface area contributed by atoms with Crippen molar-refractivity contribution in [1.82, 2.24) is 0 Å². The van der Waals surface area contributed by atoms with Gasteiger partial charge in [-0.1, -0.05) is 11.6 Å². The molecule has 1 rings (SSSR count). The zero-order chi connectivity index (χ0) is 11.6. The fourth-order valence-electron chi connectivity index (χ4n) is 0.961. The Hall–Kier alpha value is -1.69. The van der Waals surface area contributed by atoms with Crippen molar-refractivity contribution in [1.29, 1.82) is 0 Å². The van der Waals surface area contributed by atoms with Gasteiger partial charge in [-0.05, 0) is 6.07 Å². The summed E-state index contributed by atoms with van der Waals surface area (Å²) in [6, 6.07) is 1.44. The molecule has 7 heteroatoms. The van der Waals surface area contributed by atoms with Crippen LogP contribution in [0.5, 0.6) is 0 Å². The quantitative estimate of drug-likeness (QED) is 0.446. The van der Waals surface area contributed by atoms with Crippen molar-refractivity contribution >= 4 is 23.3 Å². The van der Waals surface area contributed by atoms with Crippen molar-refractivity contribution in [3.05, 3.63) is 38.7 Å². The molecule has 0 unspecified atom stereocenters. The first-order valence-corrected chi connectivity index (χ1v) is 4.07. The minimum atomic E-state index is -0.962. The predicted molar refractivity (Wildman–Crippen MR) is 49.4 cm³/mol. The fourth-order valence-corrected chi connectivity index (χ4v) is 1.12. The van der Waals surface area contributed by atoms with E-state index in [1.54, 1.807) is 0 Å². The molecule has 0 radical (unpaired) electrons. The average Bonchev–Trinajstić information content (AvgIpc) is 2.20. The third kappa shape index (κ3) is 2.21.